The maximum atomic E-state index is 13.0. The number of halogens is 1. The Labute approximate surface area is 212 Å². The van der Waals surface area contributed by atoms with Gasteiger partial charge in [0.15, 0.2) is 5.78 Å². The van der Waals surface area contributed by atoms with Crippen LogP contribution < -0.4 is 4.74 Å². The van der Waals surface area contributed by atoms with Gasteiger partial charge < -0.3 is 14.4 Å². The number of ketones is 1. The molecular weight excluding hydrogens is 466 g/mol. The molecule has 0 bridgehead atoms. The number of Topliss-reactive ketones (excluding diaryl/α,β-unsaturated/α-hetero) is 1. The molecule has 0 unspecified atom stereocenters. The molecule has 4 rings (SSSR count). The molecule has 35 heavy (non-hydrogen) atoms. The Balaban J connectivity index is 1.43. The zero-order valence-electron chi connectivity index (χ0n) is 21.0. The fourth-order valence-corrected chi connectivity index (χ4v) is 5.26. The number of carbonyl (C=O) groups excluding carboxylic acids is 2. The van der Waals surface area contributed by atoms with Crippen LogP contribution in [-0.4, -0.2) is 72.5 Å². The SMILES string of the molecule is COc1cc(C(=O)Cc2cc(Cl)cc(CN3CCN(C(=O)[C@@H]4CCOC4)[C@@H](C)C3)c2C)cnc1C. The standard InChI is InChI=1S/C27H34ClN3O4/c1-17-14-30(6-7-31(17)27(33)20-5-8-35-16-20)15-23-10-24(28)9-21(18(23)2)11-25(32)22-12-26(34-4)19(3)29-13-22/h9-10,12-13,17,20H,5-8,11,14-16H2,1-4H3/t17-,20+/m0/s1. The van der Waals surface area contributed by atoms with Crippen molar-refractivity contribution >= 4 is 23.3 Å². The van der Waals surface area contributed by atoms with Crippen molar-refractivity contribution in [2.45, 2.75) is 46.2 Å². The second-order valence-electron chi connectivity index (χ2n) is 9.64. The normalized spacial score (nSPS) is 20.8. The number of carbonyl (C=O) groups is 2. The van der Waals surface area contributed by atoms with Crippen LogP contribution in [0.15, 0.2) is 24.4 Å². The molecule has 1 aromatic heterocycles. The summed E-state index contributed by atoms with van der Waals surface area (Å²) in [6.07, 6.45) is 2.66. The number of aryl methyl sites for hydroxylation is 1. The highest BCUT2D eigenvalue weighted by Crippen LogP contribution is 2.26. The first-order valence-corrected chi connectivity index (χ1v) is 12.6. The third-order valence-electron chi connectivity index (χ3n) is 7.19. The number of hydrogen-bond acceptors (Lipinski definition) is 6. The summed E-state index contributed by atoms with van der Waals surface area (Å²) in [7, 11) is 1.57. The first-order chi connectivity index (χ1) is 16.8. The summed E-state index contributed by atoms with van der Waals surface area (Å²) in [5.41, 5.74) is 4.37. The Kier molecular flexibility index (Phi) is 8.09. The molecule has 0 radical (unpaired) electrons. The molecule has 7 nitrogen and oxygen atoms in total. The minimum absolute atomic E-state index is 0.00275. The fraction of sp³-hybridized carbons (Fsp3) is 0.519. The van der Waals surface area contributed by atoms with Gasteiger partial charge in [-0.15, -0.1) is 0 Å². The number of piperazine rings is 1. The lowest BCUT2D eigenvalue weighted by Gasteiger charge is -2.41. The highest BCUT2D eigenvalue weighted by atomic mass is 35.5. The molecule has 2 aromatic rings. The van der Waals surface area contributed by atoms with E-state index in [4.69, 9.17) is 21.1 Å². The topological polar surface area (TPSA) is 72.0 Å². The van der Waals surface area contributed by atoms with Crippen molar-refractivity contribution in [2.75, 3.05) is 40.0 Å². The molecule has 0 spiro atoms. The zero-order chi connectivity index (χ0) is 25.1. The predicted octanol–water partition coefficient (Wildman–Crippen LogP) is 3.86. The minimum atomic E-state index is -0.0243. The summed E-state index contributed by atoms with van der Waals surface area (Å²) in [5, 5.41) is 0.621. The number of nitrogens with zero attached hydrogens (tertiary/aromatic N) is 3. The third-order valence-corrected chi connectivity index (χ3v) is 7.41. The zero-order valence-corrected chi connectivity index (χ0v) is 21.7. The van der Waals surface area contributed by atoms with Gasteiger partial charge in [-0.1, -0.05) is 11.6 Å². The van der Waals surface area contributed by atoms with Gasteiger partial charge in [-0.2, -0.15) is 0 Å². The van der Waals surface area contributed by atoms with Crippen molar-refractivity contribution in [3.8, 4) is 5.75 Å². The maximum absolute atomic E-state index is 13.0. The van der Waals surface area contributed by atoms with Crippen LogP contribution in [0, 0.1) is 19.8 Å². The van der Waals surface area contributed by atoms with Gasteiger partial charge in [0.05, 0.1) is 25.3 Å². The summed E-state index contributed by atoms with van der Waals surface area (Å²) < 4.78 is 10.7. The largest absolute Gasteiger partial charge is 0.495 e. The van der Waals surface area contributed by atoms with Crippen LogP contribution in [0.1, 0.15) is 46.1 Å². The van der Waals surface area contributed by atoms with Gasteiger partial charge in [0.25, 0.3) is 0 Å². The van der Waals surface area contributed by atoms with Gasteiger partial charge in [-0.25, -0.2) is 0 Å². The van der Waals surface area contributed by atoms with Gasteiger partial charge in [-0.3, -0.25) is 19.5 Å². The molecule has 2 fully saturated rings. The number of aromatic nitrogens is 1. The highest BCUT2D eigenvalue weighted by molar-refractivity contribution is 6.30. The molecule has 2 aliphatic heterocycles. The second kappa shape index (κ2) is 11.1. The van der Waals surface area contributed by atoms with Crippen molar-refractivity contribution < 1.29 is 19.1 Å². The average molecular weight is 500 g/mol. The van der Waals surface area contributed by atoms with Gasteiger partial charge in [0.1, 0.15) is 5.75 Å². The second-order valence-corrected chi connectivity index (χ2v) is 10.1. The Morgan fingerprint density at radius 2 is 1.97 bits per heavy atom. The monoisotopic (exact) mass is 499 g/mol. The van der Waals surface area contributed by atoms with Crippen molar-refractivity contribution in [3.63, 3.8) is 0 Å². The molecule has 0 aliphatic carbocycles. The van der Waals surface area contributed by atoms with E-state index in [9.17, 15) is 9.59 Å². The van der Waals surface area contributed by atoms with Crippen molar-refractivity contribution in [3.05, 3.63) is 57.4 Å². The van der Waals surface area contributed by atoms with Crippen LogP contribution in [0.2, 0.25) is 5.02 Å². The summed E-state index contributed by atoms with van der Waals surface area (Å²) in [6, 6.07) is 5.74. The van der Waals surface area contributed by atoms with E-state index in [1.165, 1.54) is 0 Å². The smallest absolute Gasteiger partial charge is 0.228 e. The fourth-order valence-electron chi connectivity index (χ4n) is 5.00. The van der Waals surface area contributed by atoms with Crippen LogP contribution >= 0.6 is 11.6 Å². The van der Waals surface area contributed by atoms with E-state index in [0.717, 1.165) is 48.4 Å². The summed E-state index contributed by atoms with van der Waals surface area (Å²) in [4.78, 5) is 34.5. The van der Waals surface area contributed by atoms with E-state index in [-0.39, 0.29) is 30.1 Å². The molecule has 2 saturated heterocycles. The van der Waals surface area contributed by atoms with Crippen molar-refractivity contribution in [1.29, 1.82) is 0 Å². The maximum Gasteiger partial charge on any atom is 0.228 e. The highest BCUT2D eigenvalue weighted by Gasteiger charge is 2.33. The van der Waals surface area contributed by atoms with Crippen molar-refractivity contribution in [2.24, 2.45) is 5.92 Å². The number of hydrogen-bond donors (Lipinski definition) is 0. The average Bonchev–Trinajstić information content (AvgIpc) is 3.37. The number of pyridine rings is 1. The Morgan fingerprint density at radius 3 is 2.66 bits per heavy atom. The summed E-state index contributed by atoms with van der Waals surface area (Å²) in [5.74, 6) is 0.801. The van der Waals surface area contributed by atoms with Gasteiger partial charge in [0, 0.05) is 62.0 Å². The first kappa shape index (κ1) is 25.6. The number of rotatable bonds is 7. The molecule has 2 aliphatic rings. The van der Waals surface area contributed by atoms with E-state index in [0.29, 0.717) is 36.1 Å². The molecule has 0 N–H and O–H groups in total. The molecule has 1 aromatic carbocycles. The van der Waals surface area contributed by atoms with Crippen LogP contribution in [0.3, 0.4) is 0 Å². The Morgan fingerprint density at radius 1 is 1.20 bits per heavy atom. The lowest BCUT2D eigenvalue weighted by molar-refractivity contribution is -0.140. The van der Waals surface area contributed by atoms with Crippen LogP contribution in [-0.2, 0) is 22.5 Å². The van der Waals surface area contributed by atoms with Crippen LogP contribution in [0.4, 0.5) is 0 Å². The number of amides is 1. The molecule has 0 saturated carbocycles. The molecule has 2 atom stereocenters. The van der Waals surface area contributed by atoms with E-state index in [1.807, 2.05) is 30.9 Å². The predicted molar refractivity (Wildman–Crippen MR) is 135 cm³/mol. The first-order valence-electron chi connectivity index (χ1n) is 12.2. The molecule has 1 amide bonds. The number of methoxy groups -OCH3 is 1. The van der Waals surface area contributed by atoms with E-state index in [1.54, 1.807) is 19.4 Å². The van der Waals surface area contributed by atoms with Crippen LogP contribution in [0.5, 0.6) is 5.75 Å². The lowest BCUT2D eigenvalue weighted by atomic mass is 9.95. The van der Waals surface area contributed by atoms with Gasteiger partial charge >= 0.3 is 0 Å². The summed E-state index contributed by atoms with van der Waals surface area (Å²) in [6.45, 7) is 10.3. The van der Waals surface area contributed by atoms with E-state index >= 15 is 0 Å². The Hall–Kier alpha value is -2.48. The quantitative estimate of drug-likeness (QED) is 0.539. The van der Waals surface area contributed by atoms with Gasteiger partial charge in [0.2, 0.25) is 5.91 Å². The number of ether oxygens (including phenoxy) is 2. The molecule has 188 valence electrons. The number of benzene rings is 1. The molecular formula is C27H34ClN3O4. The van der Waals surface area contributed by atoms with Crippen LogP contribution in [0.25, 0.3) is 0 Å². The summed E-state index contributed by atoms with van der Waals surface area (Å²) >= 11 is 6.48. The van der Waals surface area contributed by atoms with Gasteiger partial charge in [-0.05, 0) is 62.1 Å². The van der Waals surface area contributed by atoms with Crippen molar-refractivity contribution in [1.82, 2.24) is 14.8 Å². The lowest BCUT2D eigenvalue weighted by Crippen LogP contribution is -2.55. The molecule has 8 heteroatoms. The third kappa shape index (κ3) is 5.85. The van der Waals surface area contributed by atoms with E-state index in [2.05, 4.69) is 16.8 Å². The Bertz CT molecular complexity index is 1100. The molecule has 3 heterocycles. The van der Waals surface area contributed by atoms with E-state index < -0.39 is 0 Å². The minimum Gasteiger partial charge on any atom is -0.495 e.